The van der Waals surface area contributed by atoms with Gasteiger partial charge in [-0.15, -0.1) is 0 Å². The van der Waals surface area contributed by atoms with Crippen LogP contribution in [0.3, 0.4) is 0 Å². The highest BCUT2D eigenvalue weighted by Crippen LogP contribution is 2.55. The van der Waals surface area contributed by atoms with Crippen LogP contribution in [0.25, 0.3) is 65.7 Å². The molecule has 11 aromatic carbocycles. The molecule has 0 saturated heterocycles. The van der Waals surface area contributed by atoms with Gasteiger partial charge in [0.2, 0.25) is 0 Å². The zero-order valence-corrected chi connectivity index (χ0v) is 38.8. The molecule has 0 N–H and O–H groups in total. The monoisotopic (exact) mass is 870 g/mol. The van der Waals surface area contributed by atoms with Crippen LogP contribution in [-0.2, 0) is 10.8 Å². The van der Waals surface area contributed by atoms with E-state index >= 15 is 0 Å². The van der Waals surface area contributed by atoms with Gasteiger partial charge in [-0.25, -0.2) is 0 Å². The molecule has 0 atom stereocenters. The van der Waals surface area contributed by atoms with Crippen molar-refractivity contribution in [1.29, 1.82) is 0 Å². The first-order valence-corrected chi connectivity index (χ1v) is 23.9. The summed E-state index contributed by atoms with van der Waals surface area (Å²) in [5.74, 6) is 0. The van der Waals surface area contributed by atoms with Crippen LogP contribution in [0, 0.1) is 0 Å². The molecule has 0 aromatic heterocycles. The van der Waals surface area contributed by atoms with Crippen molar-refractivity contribution >= 4 is 66.4 Å². The van der Waals surface area contributed by atoms with Gasteiger partial charge in [0.15, 0.2) is 0 Å². The van der Waals surface area contributed by atoms with E-state index in [9.17, 15) is 0 Å². The van der Waals surface area contributed by atoms with Crippen molar-refractivity contribution in [3.8, 4) is 33.4 Å². The molecule has 0 saturated carbocycles. The first-order valence-electron chi connectivity index (χ1n) is 23.9. The van der Waals surface area contributed by atoms with Gasteiger partial charge in [0.1, 0.15) is 0 Å². The van der Waals surface area contributed by atoms with Crippen molar-refractivity contribution in [2.75, 3.05) is 9.80 Å². The van der Waals surface area contributed by atoms with Gasteiger partial charge in [-0.3, -0.25) is 0 Å². The Bertz CT molecular complexity index is 3700. The summed E-state index contributed by atoms with van der Waals surface area (Å²) in [5.41, 5.74) is 19.4. The van der Waals surface area contributed by atoms with Gasteiger partial charge in [0, 0.05) is 22.2 Å². The van der Waals surface area contributed by atoms with Crippen molar-refractivity contribution < 1.29 is 0 Å². The zero-order chi connectivity index (χ0) is 45.7. The van der Waals surface area contributed by atoms with E-state index in [0.29, 0.717) is 0 Å². The van der Waals surface area contributed by atoms with E-state index in [2.05, 4.69) is 268 Å². The average molecular weight is 871 g/mol. The summed E-state index contributed by atoms with van der Waals surface area (Å²) >= 11 is 0. The summed E-state index contributed by atoms with van der Waals surface area (Å²) in [6.07, 6.45) is 0. The van der Waals surface area contributed by atoms with Gasteiger partial charge in [-0.1, -0.05) is 204 Å². The molecule has 0 fully saturated rings. The normalized spacial score (nSPS) is 14.4. The minimum atomic E-state index is -0.155. The summed E-state index contributed by atoms with van der Waals surface area (Å²) in [6.45, 7) is 9.43. The largest absolute Gasteiger partial charge is 0.310 e. The molecule has 0 amide bonds. The smallest absolute Gasteiger partial charge is 0.0502 e. The van der Waals surface area contributed by atoms with Crippen LogP contribution in [0.2, 0.25) is 0 Å². The van der Waals surface area contributed by atoms with E-state index in [1.165, 1.54) is 111 Å². The molecule has 13 rings (SSSR count). The summed E-state index contributed by atoms with van der Waals surface area (Å²) in [7, 11) is 0. The van der Waals surface area contributed by atoms with E-state index in [1.54, 1.807) is 0 Å². The Labute approximate surface area is 399 Å². The number of fused-ring (bicyclic) bond motifs is 7. The second-order valence-corrected chi connectivity index (χ2v) is 19.7. The quantitative estimate of drug-likeness (QED) is 0.159. The summed E-state index contributed by atoms with van der Waals surface area (Å²) in [4.78, 5) is 4.98. The molecule has 0 spiro atoms. The molecule has 0 aliphatic carbocycles. The van der Waals surface area contributed by atoms with Crippen molar-refractivity contribution in [3.63, 3.8) is 0 Å². The molecule has 2 heteroatoms. The van der Waals surface area contributed by atoms with Gasteiger partial charge < -0.3 is 9.80 Å². The number of rotatable bonds is 5. The van der Waals surface area contributed by atoms with E-state index in [1.807, 2.05) is 0 Å². The van der Waals surface area contributed by atoms with E-state index < -0.39 is 0 Å². The Kier molecular flexibility index (Phi) is 8.95. The Balaban J connectivity index is 1.09. The van der Waals surface area contributed by atoms with Crippen LogP contribution in [0.15, 0.2) is 231 Å². The Hall–Kier alpha value is -8.20. The van der Waals surface area contributed by atoms with Crippen LogP contribution in [-0.4, -0.2) is 0 Å². The average Bonchev–Trinajstić information content (AvgIpc) is 3.38. The Morgan fingerprint density at radius 3 is 1.10 bits per heavy atom. The number of para-hydroxylation sites is 4. The molecule has 0 bridgehead atoms. The SMILES string of the molecule is CC1(C)c2ccccc2N(c2ccc3c(-c4ccc(-c5ccc6ccccc6c5)cc4)c4cc(N5c6ccccc6C(C)(C)c6ccccc65)ccc4c(-c4ccccc4)c3c2)c2ccccc21. The maximum atomic E-state index is 2.49. The maximum Gasteiger partial charge on any atom is 0.0502 e. The second-order valence-electron chi connectivity index (χ2n) is 19.7. The third-order valence-corrected chi connectivity index (χ3v) is 15.2. The zero-order valence-electron chi connectivity index (χ0n) is 38.8. The molecule has 68 heavy (non-hydrogen) atoms. The lowest BCUT2D eigenvalue weighted by atomic mass is 9.73. The molecular weight excluding hydrogens is 821 g/mol. The lowest BCUT2D eigenvalue weighted by Gasteiger charge is -2.42. The van der Waals surface area contributed by atoms with E-state index in [4.69, 9.17) is 0 Å². The fourth-order valence-corrected chi connectivity index (χ4v) is 11.8. The molecule has 2 heterocycles. The third kappa shape index (κ3) is 6.03. The Morgan fingerprint density at radius 2 is 0.632 bits per heavy atom. The van der Waals surface area contributed by atoms with Crippen LogP contribution in [0.1, 0.15) is 49.9 Å². The molecule has 2 nitrogen and oxygen atoms in total. The molecule has 0 unspecified atom stereocenters. The fraction of sp³-hybridized carbons (Fsp3) is 0.0909. The predicted molar refractivity (Wildman–Crippen MR) is 289 cm³/mol. The van der Waals surface area contributed by atoms with Crippen molar-refractivity contribution in [2.45, 2.75) is 38.5 Å². The molecule has 2 aliphatic heterocycles. The lowest BCUT2D eigenvalue weighted by Crippen LogP contribution is -2.30. The number of anilines is 6. The van der Waals surface area contributed by atoms with Gasteiger partial charge in [-0.05, 0) is 143 Å². The molecule has 0 radical (unpaired) electrons. The molecule has 11 aromatic rings. The van der Waals surface area contributed by atoms with E-state index in [-0.39, 0.29) is 10.8 Å². The summed E-state index contributed by atoms with van der Waals surface area (Å²) in [5, 5.41) is 7.38. The van der Waals surface area contributed by atoms with Gasteiger partial charge in [0.25, 0.3) is 0 Å². The minimum Gasteiger partial charge on any atom is -0.310 e. The standard InChI is InChI=1S/C66H50N2/c1-65(2)55-22-10-14-26-59(55)67(60-27-15-11-23-56(60)65)49-37-39-52-53(41-49)63(45-19-6-5-7-20-45)51-38-36-50(68-61-28-16-12-24-57(61)66(3,4)58-25-13-17-29-62(58)68)42-54(51)64(52)46-33-30-44(31-34-46)48-35-32-43-18-8-9-21-47(43)40-48/h5-42H,1-4H3. The van der Waals surface area contributed by atoms with Gasteiger partial charge in [0.05, 0.1) is 22.7 Å². The number of nitrogens with zero attached hydrogens (tertiary/aromatic N) is 2. The number of hydrogen-bond acceptors (Lipinski definition) is 2. The van der Waals surface area contributed by atoms with Crippen LogP contribution < -0.4 is 9.80 Å². The highest BCUT2D eigenvalue weighted by molar-refractivity contribution is 6.23. The van der Waals surface area contributed by atoms with E-state index in [0.717, 1.165) is 11.4 Å². The van der Waals surface area contributed by atoms with Gasteiger partial charge >= 0.3 is 0 Å². The van der Waals surface area contributed by atoms with Crippen LogP contribution in [0.4, 0.5) is 34.1 Å². The number of hydrogen-bond donors (Lipinski definition) is 0. The fourth-order valence-electron chi connectivity index (χ4n) is 11.8. The molecular formula is C66H50N2. The molecule has 2 aliphatic rings. The highest BCUT2D eigenvalue weighted by atomic mass is 15.2. The van der Waals surface area contributed by atoms with Gasteiger partial charge in [-0.2, -0.15) is 0 Å². The van der Waals surface area contributed by atoms with Crippen LogP contribution >= 0.6 is 0 Å². The van der Waals surface area contributed by atoms with Crippen LogP contribution in [0.5, 0.6) is 0 Å². The third-order valence-electron chi connectivity index (χ3n) is 15.2. The highest BCUT2D eigenvalue weighted by Gasteiger charge is 2.38. The topological polar surface area (TPSA) is 6.48 Å². The first kappa shape index (κ1) is 40.1. The van der Waals surface area contributed by atoms with Crippen molar-refractivity contribution in [1.82, 2.24) is 0 Å². The minimum absolute atomic E-state index is 0.152. The second kappa shape index (κ2) is 15.2. The molecule has 324 valence electrons. The Morgan fingerprint density at radius 1 is 0.265 bits per heavy atom. The summed E-state index contributed by atoms with van der Waals surface area (Å²) < 4.78 is 0. The lowest BCUT2D eigenvalue weighted by molar-refractivity contribution is 0.632. The van der Waals surface area contributed by atoms with Crippen molar-refractivity contribution in [2.24, 2.45) is 0 Å². The summed E-state index contributed by atoms with van der Waals surface area (Å²) in [6, 6.07) is 86.0. The first-order chi connectivity index (χ1) is 33.3. The number of benzene rings is 11. The van der Waals surface area contributed by atoms with Crippen molar-refractivity contribution in [3.05, 3.63) is 253 Å². The predicted octanol–water partition coefficient (Wildman–Crippen LogP) is 18.4. The maximum absolute atomic E-state index is 2.49.